The zero-order valence-electron chi connectivity index (χ0n) is 23.0. The van der Waals surface area contributed by atoms with Gasteiger partial charge in [0.25, 0.3) is 0 Å². The molecule has 1 aromatic carbocycles. The van der Waals surface area contributed by atoms with E-state index < -0.39 is 18.3 Å². The van der Waals surface area contributed by atoms with Crippen molar-refractivity contribution in [3.63, 3.8) is 0 Å². The first-order valence-electron chi connectivity index (χ1n) is 12.9. The van der Waals surface area contributed by atoms with Crippen LogP contribution >= 0.6 is 47.0 Å². The maximum atomic E-state index is 12.7. The largest absolute Gasteiger partial charge is 0.513 e. The van der Waals surface area contributed by atoms with Crippen LogP contribution in [0, 0.1) is 17.9 Å². The lowest BCUT2D eigenvalue weighted by atomic mass is 10.3. The summed E-state index contributed by atoms with van der Waals surface area (Å²) in [5.74, 6) is -0.540. The van der Waals surface area contributed by atoms with Crippen molar-refractivity contribution in [2.24, 2.45) is 0 Å². The molecule has 0 bridgehead atoms. The molecule has 0 saturated heterocycles. The van der Waals surface area contributed by atoms with Crippen molar-refractivity contribution >= 4 is 65.3 Å². The minimum Gasteiger partial charge on any atom is -0.462 e. The van der Waals surface area contributed by atoms with Gasteiger partial charge >= 0.3 is 18.3 Å². The molecule has 0 radical (unpaired) electrons. The fourth-order valence-corrected chi connectivity index (χ4v) is 8.75. The Balaban J connectivity index is 2.19. The molecule has 3 rings (SSSR count). The second-order valence-electron chi connectivity index (χ2n) is 8.19. The maximum absolute atomic E-state index is 12.7. The number of rotatable bonds is 11. The van der Waals surface area contributed by atoms with Crippen molar-refractivity contribution in [2.45, 2.75) is 79.4 Å². The molecule has 0 N–H and O–H groups in total. The van der Waals surface area contributed by atoms with Gasteiger partial charge in [-0.1, -0.05) is 80.7 Å². The zero-order valence-corrected chi connectivity index (χ0v) is 26.2. The van der Waals surface area contributed by atoms with Crippen LogP contribution < -0.4 is 9.47 Å². The van der Waals surface area contributed by atoms with Gasteiger partial charge in [0.15, 0.2) is 22.8 Å². The quantitative estimate of drug-likeness (QED) is 0.0438. The molecule has 10 nitrogen and oxygen atoms in total. The summed E-state index contributed by atoms with van der Waals surface area (Å²) in [4.78, 5) is 43.2. The van der Waals surface area contributed by atoms with Crippen LogP contribution in [0.4, 0.5) is 9.59 Å². The van der Waals surface area contributed by atoms with Gasteiger partial charge in [0.2, 0.25) is 0 Å². The molecule has 1 aromatic rings. The van der Waals surface area contributed by atoms with E-state index in [4.69, 9.17) is 30.3 Å². The lowest BCUT2D eigenvalue weighted by Gasteiger charge is -2.16. The van der Waals surface area contributed by atoms with Crippen LogP contribution in [0.5, 0.6) is 11.5 Å². The minimum absolute atomic E-state index is 0.0764. The first-order valence-corrected chi connectivity index (χ1v) is 16.2. The first kappa shape index (κ1) is 32.6. The number of fused-ring (bicyclic) bond motifs is 2. The molecule has 14 heteroatoms. The lowest BCUT2D eigenvalue weighted by molar-refractivity contribution is -0.138. The molecule has 2 heterocycles. The van der Waals surface area contributed by atoms with Crippen molar-refractivity contribution in [2.75, 3.05) is 19.8 Å². The second kappa shape index (κ2) is 15.9. The molecule has 2 aliphatic rings. The highest BCUT2D eigenvalue weighted by Crippen LogP contribution is 2.68. The maximum Gasteiger partial charge on any atom is 0.513 e. The van der Waals surface area contributed by atoms with Gasteiger partial charge < -0.3 is 23.7 Å². The van der Waals surface area contributed by atoms with Gasteiger partial charge in [-0.05, 0) is 26.2 Å². The van der Waals surface area contributed by atoms with Crippen molar-refractivity contribution in [3.8, 4) is 17.6 Å². The van der Waals surface area contributed by atoms with Crippen LogP contribution in [0.3, 0.4) is 0 Å². The van der Waals surface area contributed by atoms with Crippen LogP contribution in [-0.2, 0) is 19.0 Å². The molecule has 0 spiro atoms. The van der Waals surface area contributed by atoms with E-state index in [1.807, 2.05) is 26.8 Å². The second-order valence-corrected chi connectivity index (χ2v) is 12.8. The summed E-state index contributed by atoms with van der Waals surface area (Å²) >= 11 is 4.49. The number of nitrogens with zero attached hydrogens (tertiary/aromatic N) is 2. The number of carbonyl (C=O) groups is 3. The summed E-state index contributed by atoms with van der Waals surface area (Å²) in [5, 5.41) is 9.76. The average Bonchev–Trinajstić information content (AvgIpc) is 3.58. The molecule has 0 atom stereocenters. The molecule has 0 aliphatic carbocycles. The number of nitriles is 1. The lowest BCUT2D eigenvalue weighted by Crippen LogP contribution is -2.14. The predicted molar refractivity (Wildman–Crippen MR) is 157 cm³/mol. The molecule has 0 unspecified atom stereocenters. The van der Waals surface area contributed by atoms with Crippen LogP contribution in [0.1, 0.15) is 59.8 Å². The van der Waals surface area contributed by atoms with Gasteiger partial charge in [0, 0.05) is 0 Å². The summed E-state index contributed by atoms with van der Waals surface area (Å²) in [6.45, 7) is 15.4. The van der Waals surface area contributed by atoms with Crippen molar-refractivity contribution in [1.29, 1.82) is 5.26 Å². The smallest absolute Gasteiger partial charge is 0.462 e. The summed E-state index contributed by atoms with van der Waals surface area (Å²) in [6, 6.07) is 1.89. The summed E-state index contributed by atoms with van der Waals surface area (Å²) in [5.41, 5.74) is 0.271. The molecular formula is C27H28N2O8S4. The Kier molecular flexibility index (Phi) is 12.7. The molecular weight excluding hydrogens is 609 g/mol. The fraction of sp³-hybridized carbons (Fsp3) is 0.444. The zero-order chi connectivity index (χ0) is 29.9. The highest BCUT2D eigenvalue weighted by atomic mass is 32.2. The van der Waals surface area contributed by atoms with E-state index in [1.54, 1.807) is 6.92 Å². The standard InChI is InChI=1S/C27H28N2O8S4/c1-6-10-12-34-26(31)36-17-19-20(39-24(38-19)15(14-28)23(30)33-9-4)18(37-27(32)35-13-11-7-2)22-21(17)40-25(41-22)16(8-3)29-5/h6-13H2,1-4H3. The molecule has 0 fully saturated rings. The number of allylic oxidation sites excluding steroid dienone is 1. The molecule has 218 valence electrons. The van der Waals surface area contributed by atoms with Gasteiger partial charge in [-0.15, -0.1) is 0 Å². The molecule has 0 saturated carbocycles. The van der Waals surface area contributed by atoms with Crippen molar-refractivity contribution in [3.05, 3.63) is 31.2 Å². The molecule has 41 heavy (non-hydrogen) atoms. The third-order valence-electron chi connectivity index (χ3n) is 5.32. The topological polar surface area (TPSA) is 126 Å². The Bertz CT molecular complexity index is 1290. The van der Waals surface area contributed by atoms with E-state index >= 15 is 0 Å². The van der Waals surface area contributed by atoms with Crippen LogP contribution in [-0.4, -0.2) is 38.1 Å². The van der Waals surface area contributed by atoms with E-state index in [0.29, 0.717) is 48.8 Å². The number of carbonyl (C=O) groups excluding carboxylic acids is 3. The number of benzene rings is 1. The predicted octanol–water partition coefficient (Wildman–Crippen LogP) is 8.51. The van der Waals surface area contributed by atoms with Gasteiger partial charge in [-0.25, -0.2) is 19.2 Å². The number of hydrogen-bond acceptors (Lipinski definition) is 13. The summed E-state index contributed by atoms with van der Waals surface area (Å²) < 4.78 is 27.9. The highest BCUT2D eigenvalue weighted by molar-refractivity contribution is 8.26. The summed E-state index contributed by atoms with van der Waals surface area (Å²) in [6.07, 6.45) is 1.58. The van der Waals surface area contributed by atoms with E-state index in [2.05, 4.69) is 4.85 Å². The minimum atomic E-state index is -0.923. The molecule has 2 aliphatic heterocycles. The fourth-order valence-electron chi connectivity index (χ4n) is 3.28. The number of esters is 1. The van der Waals surface area contributed by atoms with Crippen molar-refractivity contribution < 1.29 is 38.1 Å². The number of ether oxygens (including phenoxy) is 5. The highest BCUT2D eigenvalue weighted by Gasteiger charge is 2.40. The average molecular weight is 637 g/mol. The van der Waals surface area contributed by atoms with E-state index in [9.17, 15) is 19.6 Å². The van der Waals surface area contributed by atoms with Gasteiger partial charge in [0.05, 0.1) is 54.4 Å². The van der Waals surface area contributed by atoms with Crippen LogP contribution in [0.2, 0.25) is 0 Å². The normalized spacial score (nSPS) is 12.9. The number of unbranched alkanes of at least 4 members (excludes halogenated alkanes) is 2. The monoisotopic (exact) mass is 636 g/mol. The van der Waals surface area contributed by atoms with Crippen molar-refractivity contribution in [1.82, 2.24) is 0 Å². The molecule has 0 aromatic heterocycles. The van der Waals surface area contributed by atoms with Gasteiger partial charge in [-0.2, -0.15) is 5.26 Å². The Morgan fingerprint density at radius 2 is 1.24 bits per heavy atom. The van der Waals surface area contributed by atoms with E-state index in [-0.39, 0.29) is 41.1 Å². The first-order chi connectivity index (χ1) is 19.8. The third kappa shape index (κ3) is 7.89. The Morgan fingerprint density at radius 1 is 0.780 bits per heavy atom. The molecule has 0 amide bonds. The number of hydrogen-bond donors (Lipinski definition) is 0. The van der Waals surface area contributed by atoms with E-state index in [1.165, 1.54) is 23.5 Å². The van der Waals surface area contributed by atoms with Crippen LogP contribution in [0.15, 0.2) is 39.3 Å². The van der Waals surface area contributed by atoms with Crippen LogP contribution in [0.25, 0.3) is 4.85 Å². The Labute approximate surface area is 255 Å². The van der Waals surface area contributed by atoms with E-state index in [0.717, 1.165) is 36.4 Å². The Hall–Kier alpha value is -2.91. The summed E-state index contributed by atoms with van der Waals surface area (Å²) in [7, 11) is 0. The SMILES string of the molecule is [C-]#[N+]C(CC)=C1Sc2c(OC(=O)OCCCC)c3c(c(OC(=O)OCCCC)c2S1)SC(=C(C#N)C(=O)OCC)S3. The number of thioether (sulfide) groups is 4. The third-order valence-corrected chi connectivity index (χ3v) is 10.6. The van der Waals surface area contributed by atoms with Gasteiger partial charge in [0.1, 0.15) is 6.07 Å². The Morgan fingerprint density at radius 3 is 1.61 bits per heavy atom. The van der Waals surface area contributed by atoms with Gasteiger partial charge in [-0.3, -0.25) is 0 Å².